The maximum Gasteiger partial charge on any atom is 0.321 e. The molecule has 0 saturated carbocycles. The van der Waals surface area contributed by atoms with E-state index in [1.807, 2.05) is 24.3 Å². The molecule has 3 amide bonds. The molecule has 1 unspecified atom stereocenters. The summed E-state index contributed by atoms with van der Waals surface area (Å²) in [5.41, 5.74) is 0.566. The second kappa shape index (κ2) is 7.33. The highest BCUT2D eigenvalue weighted by atomic mass is 79.9. The van der Waals surface area contributed by atoms with E-state index in [0.29, 0.717) is 26.3 Å². The number of hydrogen-bond donors (Lipinski definition) is 1. The number of urea groups is 1. The molecule has 0 aliphatic carbocycles. The van der Waals surface area contributed by atoms with Crippen molar-refractivity contribution in [2.24, 2.45) is 11.3 Å². The first-order valence-corrected chi connectivity index (χ1v) is 9.31. The van der Waals surface area contributed by atoms with E-state index in [2.05, 4.69) is 21.2 Å². The fourth-order valence-corrected chi connectivity index (χ4v) is 4.23. The Labute approximate surface area is 156 Å². The normalized spacial score (nSPS) is 22.0. The summed E-state index contributed by atoms with van der Waals surface area (Å²) in [6.45, 7) is 2.36. The number of carbonyl (C=O) groups is 2. The minimum Gasteiger partial charge on any atom is -0.381 e. The first-order valence-electron chi connectivity index (χ1n) is 8.52. The molecule has 2 aliphatic rings. The van der Waals surface area contributed by atoms with Crippen LogP contribution >= 0.6 is 15.9 Å². The van der Waals surface area contributed by atoms with Gasteiger partial charge in [-0.15, -0.1) is 0 Å². The summed E-state index contributed by atoms with van der Waals surface area (Å²) in [5, 5.41) is 2.94. The third-order valence-corrected chi connectivity index (χ3v) is 5.73. The molecule has 2 fully saturated rings. The minimum absolute atomic E-state index is 0.0969. The number of anilines is 1. The van der Waals surface area contributed by atoms with Crippen molar-refractivity contribution in [1.29, 1.82) is 0 Å². The molecule has 2 aliphatic heterocycles. The number of benzene rings is 1. The quantitative estimate of drug-likeness (QED) is 0.816. The average Bonchev–Trinajstić information content (AvgIpc) is 2.93. The first-order chi connectivity index (χ1) is 11.9. The standard InChI is InChI=1S/C18H24BrN3O3/c1-21(2)16(23)15-11-22(12-18(15)6-8-25-9-7-18)17(24)20-14-5-3-4-13(19)10-14/h3-5,10,15H,6-9,11-12H2,1-2H3,(H,20,24). The van der Waals surface area contributed by atoms with Crippen LogP contribution in [0.1, 0.15) is 12.8 Å². The van der Waals surface area contributed by atoms with Crippen molar-refractivity contribution in [3.05, 3.63) is 28.7 Å². The van der Waals surface area contributed by atoms with E-state index < -0.39 is 0 Å². The third-order valence-electron chi connectivity index (χ3n) is 5.24. The van der Waals surface area contributed by atoms with Gasteiger partial charge in [0.05, 0.1) is 5.92 Å². The van der Waals surface area contributed by atoms with E-state index >= 15 is 0 Å². The number of halogens is 1. The van der Waals surface area contributed by atoms with Gasteiger partial charge in [0, 0.05) is 56.0 Å². The van der Waals surface area contributed by atoms with Gasteiger partial charge < -0.3 is 19.9 Å². The van der Waals surface area contributed by atoms with Crippen LogP contribution in [0.4, 0.5) is 10.5 Å². The molecule has 7 heteroatoms. The number of nitrogens with zero attached hydrogens (tertiary/aromatic N) is 2. The first kappa shape index (κ1) is 18.2. The topological polar surface area (TPSA) is 61.9 Å². The fraction of sp³-hybridized carbons (Fsp3) is 0.556. The molecule has 1 spiro atoms. The van der Waals surface area contributed by atoms with Crippen LogP contribution in [0, 0.1) is 11.3 Å². The molecule has 3 rings (SSSR count). The van der Waals surface area contributed by atoms with Gasteiger partial charge in [-0.05, 0) is 31.0 Å². The lowest BCUT2D eigenvalue weighted by Gasteiger charge is -2.37. The molecular weight excluding hydrogens is 386 g/mol. The maximum atomic E-state index is 12.7. The number of carbonyl (C=O) groups excluding carboxylic acids is 2. The van der Waals surface area contributed by atoms with Gasteiger partial charge >= 0.3 is 6.03 Å². The zero-order valence-electron chi connectivity index (χ0n) is 14.6. The van der Waals surface area contributed by atoms with Crippen LogP contribution in [0.2, 0.25) is 0 Å². The fourth-order valence-electron chi connectivity index (χ4n) is 3.83. The van der Waals surface area contributed by atoms with E-state index in [1.165, 1.54) is 0 Å². The molecule has 0 radical (unpaired) electrons. The van der Waals surface area contributed by atoms with E-state index in [4.69, 9.17) is 4.74 Å². The van der Waals surface area contributed by atoms with Crippen molar-refractivity contribution in [1.82, 2.24) is 9.80 Å². The van der Waals surface area contributed by atoms with Crippen LogP contribution < -0.4 is 5.32 Å². The predicted octanol–water partition coefficient (Wildman–Crippen LogP) is 2.80. The van der Waals surface area contributed by atoms with Crippen molar-refractivity contribution in [3.63, 3.8) is 0 Å². The minimum atomic E-state index is -0.172. The van der Waals surface area contributed by atoms with Gasteiger partial charge in [-0.1, -0.05) is 22.0 Å². The number of rotatable bonds is 2. The molecule has 25 heavy (non-hydrogen) atoms. The Morgan fingerprint density at radius 1 is 1.32 bits per heavy atom. The lowest BCUT2D eigenvalue weighted by atomic mass is 9.71. The van der Waals surface area contributed by atoms with Crippen molar-refractivity contribution in [2.45, 2.75) is 12.8 Å². The molecule has 1 N–H and O–H groups in total. The summed E-state index contributed by atoms with van der Waals surface area (Å²) < 4.78 is 6.41. The van der Waals surface area contributed by atoms with Gasteiger partial charge in [0.25, 0.3) is 0 Å². The zero-order valence-corrected chi connectivity index (χ0v) is 16.2. The summed E-state index contributed by atoms with van der Waals surface area (Å²) in [4.78, 5) is 28.9. The molecule has 6 nitrogen and oxygen atoms in total. The van der Waals surface area contributed by atoms with Crippen molar-refractivity contribution >= 4 is 33.6 Å². The Balaban J connectivity index is 1.76. The number of likely N-dealkylation sites (tertiary alicyclic amines) is 1. The summed E-state index contributed by atoms with van der Waals surface area (Å²) in [6, 6.07) is 7.35. The van der Waals surface area contributed by atoms with Crippen LogP contribution in [-0.4, -0.2) is 62.1 Å². The van der Waals surface area contributed by atoms with Gasteiger partial charge in [0.1, 0.15) is 0 Å². The van der Waals surface area contributed by atoms with Gasteiger partial charge in [-0.3, -0.25) is 4.79 Å². The monoisotopic (exact) mass is 409 g/mol. The van der Waals surface area contributed by atoms with Crippen molar-refractivity contribution in [3.8, 4) is 0 Å². The molecule has 2 heterocycles. The van der Waals surface area contributed by atoms with Crippen molar-refractivity contribution in [2.75, 3.05) is 45.7 Å². The molecule has 0 aromatic heterocycles. The highest BCUT2D eigenvalue weighted by Gasteiger charge is 2.52. The Bertz CT molecular complexity index is 659. The maximum absolute atomic E-state index is 12.7. The van der Waals surface area contributed by atoms with Gasteiger partial charge in [-0.25, -0.2) is 4.79 Å². The molecule has 1 aromatic rings. The third kappa shape index (κ3) is 3.82. The van der Waals surface area contributed by atoms with E-state index in [9.17, 15) is 9.59 Å². The second-order valence-corrected chi connectivity index (χ2v) is 8.00. The van der Waals surface area contributed by atoms with E-state index in [-0.39, 0.29) is 23.3 Å². The SMILES string of the molecule is CN(C)C(=O)C1CN(C(=O)Nc2cccc(Br)c2)CC12CCOCC2. The van der Waals surface area contributed by atoms with Crippen LogP contribution in [0.5, 0.6) is 0 Å². The highest BCUT2D eigenvalue weighted by Crippen LogP contribution is 2.45. The van der Waals surface area contributed by atoms with Crippen LogP contribution in [-0.2, 0) is 9.53 Å². The summed E-state index contributed by atoms with van der Waals surface area (Å²) in [7, 11) is 3.55. The average molecular weight is 410 g/mol. The predicted molar refractivity (Wildman–Crippen MR) is 99.4 cm³/mol. The lowest BCUT2D eigenvalue weighted by Crippen LogP contribution is -2.44. The van der Waals surface area contributed by atoms with E-state index in [0.717, 1.165) is 23.0 Å². The highest BCUT2D eigenvalue weighted by molar-refractivity contribution is 9.10. The van der Waals surface area contributed by atoms with Crippen LogP contribution in [0.3, 0.4) is 0 Å². The molecule has 0 bridgehead atoms. The lowest BCUT2D eigenvalue weighted by molar-refractivity contribution is -0.138. The van der Waals surface area contributed by atoms with Gasteiger partial charge in [-0.2, -0.15) is 0 Å². The Morgan fingerprint density at radius 3 is 2.68 bits per heavy atom. The molecule has 136 valence electrons. The number of amides is 3. The van der Waals surface area contributed by atoms with Gasteiger partial charge in [0.2, 0.25) is 5.91 Å². The van der Waals surface area contributed by atoms with Crippen molar-refractivity contribution < 1.29 is 14.3 Å². The summed E-state index contributed by atoms with van der Waals surface area (Å²) >= 11 is 3.41. The Kier molecular flexibility index (Phi) is 5.34. The molecule has 1 aromatic carbocycles. The second-order valence-electron chi connectivity index (χ2n) is 7.08. The zero-order chi connectivity index (χ0) is 18.0. The summed E-state index contributed by atoms with van der Waals surface area (Å²) in [5.74, 6) is -0.0701. The molecule has 2 saturated heterocycles. The molecule has 1 atom stereocenters. The number of hydrogen-bond acceptors (Lipinski definition) is 3. The van der Waals surface area contributed by atoms with E-state index in [1.54, 1.807) is 23.9 Å². The number of ether oxygens (including phenoxy) is 1. The Hall–Kier alpha value is -1.60. The Morgan fingerprint density at radius 2 is 2.04 bits per heavy atom. The van der Waals surface area contributed by atoms with Crippen LogP contribution in [0.25, 0.3) is 0 Å². The smallest absolute Gasteiger partial charge is 0.321 e. The number of nitrogens with one attached hydrogen (secondary N) is 1. The van der Waals surface area contributed by atoms with Crippen LogP contribution in [0.15, 0.2) is 28.7 Å². The van der Waals surface area contributed by atoms with Gasteiger partial charge in [0.15, 0.2) is 0 Å². The largest absolute Gasteiger partial charge is 0.381 e. The summed E-state index contributed by atoms with van der Waals surface area (Å²) in [6.07, 6.45) is 1.63. The molecular formula is C18H24BrN3O3.